The van der Waals surface area contributed by atoms with Gasteiger partial charge in [0.2, 0.25) is 0 Å². The van der Waals surface area contributed by atoms with Crippen molar-refractivity contribution in [2.75, 3.05) is 37.0 Å². The number of rotatable bonds is 8. The lowest BCUT2D eigenvalue weighted by atomic mass is 10.1. The molecule has 0 bridgehead atoms. The molecular weight excluding hydrogens is 718 g/mol. The van der Waals surface area contributed by atoms with E-state index in [2.05, 4.69) is 160 Å². The molecule has 0 atom stereocenters. The molecular formula is C34H42I2N4. The second-order valence-corrected chi connectivity index (χ2v) is 9.51. The van der Waals surface area contributed by atoms with Crippen LogP contribution in [0.5, 0.6) is 0 Å². The SMILES string of the molecule is CCN(CC)c1ccc(C=Cc2cc[n+](C)cc2)cc1.CN(C)c1ccc(C=Cc2cc[n+](C)cc2)cc1.[I-].[I-]. The molecule has 2 aromatic heterocycles. The fourth-order valence-electron chi connectivity index (χ4n) is 3.90. The highest BCUT2D eigenvalue weighted by molar-refractivity contribution is 5.71. The number of halogens is 2. The van der Waals surface area contributed by atoms with E-state index in [1.807, 2.05) is 23.2 Å². The molecule has 2 heterocycles. The Balaban J connectivity index is 0.000000383. The van der Waals surface area contributed by atoms with Gasteiger partial charge < -0.3 is 57.8 Å². The number of aryl methyl sites for hydroxylation is 2. The van der Waals surface area contributed by atoms with E-state index in [-0.39, 0.29) is 48.0 Å². The van der Waals surface area contributed by atoms with Gasteiger partial charge in [-0.3, -0.25) is 0 Å². The van der Waals surface area contributed by atoms with Crippen molar-refractivity contribution < 1.29 is 57.1 Å². The molecule has 0 aliphatic heterocycles. The smallest absolute Gasteiger partial charge is 0.169 e. The zero-order valence-electron chi connectivity index (χ0n) is 24.5. The van der Waals surface area contributed by atoms with Gasteiger partial charge >= 0.3 is 0 Å². The Hall–Kier alpha value is -2.72. The molecule has 0 radical (unpaired) electrons. The first-order valence-electron chi connectivity index (χ1n) is 13.3. The first-order valence-corrected chi connectivity index (χ1v) is 13.3. The van der Waals surface area contributed by atoms with Crippen LogP contribution in [-0.2, 0) is 14.1 Å². The van der Waals surface area contributed by atoms with Crippen LogP contribution >= 0.6 is 0 Å². The molecule has 0 saturated carbocycles. The Bertz CT molecular complexity index is 1290. The standard InChI is InChI=1S/C18H23N2.C16H19N2.2HI/c1-4-20(5-2)18-10-8-16(9-11-18)6-7-17-12-14-19(3)15-13-17;1-17(2)16-8-6-14(7-9-16)4-5-15-10-12-18(3)13-11-15;;/h6-15H,4-5H2,1-3H3;4-13H,1-3H3;2*1H/q2*+1;;/p-2. The van der Waals surface area contributed by atoms with Gasteiger partial charge in [-0.15, -0.1) is 0 Å². The molecule has 40 heavy (non-hydrogen) atoms. The predicted octanol–water partition coefficient (Wildman–Crippen LogP) is 0.283. The van der Waals surface area contributed by atoms with Crippen molar-refractivity contribution in [2.24, 2.45) is 14.1 Å². The summed E-state index contributed by atoms with van der Waals surface area (Å²) >= 11 is 0. The van der Waals surface area contributed by atoms with Crippen LogP contribution in [0.25, 0.3) is 24.3 Å². The second kappa shape index (κ2) is 18.6. The first-order chi connectivity index (χ1) is 18.4. The minimum absolute atomic E-state index is 0. The topological polar surface area (TPSA) is 14.2 Å². The van der Waals surface area contributed by atoms with Crippen molar-refractivity contribution in [3.05, 3.63) is 120 Å². The Labute approximate surface area is 275 Å². The summed E-state index contributed by atoms with van der Waals surface area (Å²) in [6.07, 6.45) is 16.8. The molecule has 212 valence electrons. The molecule has 4 aromatic rings. The van der Waals surface area contributed by atoms with Crippen LogP contribution in [0, 0.1) is 0 Å². The van der Waals surface area contributed by atoms with Gasteiger partial charge in [-0.25, -0.2) is 9.13 Å². The second-order valence-electron chi connectivity index (χ2n) is 9.51. The number of anilines is 2. The monoisotopic (exact) mass is 760 g/mol. The van der Waals surface area contributed by atoms with E-state index in [1.54, 1.807) is 0 Å². The molecule has 0 spiro atoms. The predicted molar refractivity (Wildman–Crippen MR) is 164 cm³/mol. The molecule has 6 heteroatoms. The molecule has 0 amide bonds. The average Bonchev–Trinajstić information content (AvgIpc) is 2.94. The molecule has 4 rings (SSSR count). The largest absolute Gasteiger partial charge is 1.00 e. The van der Waals surface area contributed by atoms with E-state index in [1.165, 1.54) is 33.6 Å². The number of aromatic nitrogens is 2. The summed E-state index contributed by atoms with van der Waals surface area (Å²) < 4.78 is 4.07. The average molecular weight is 761 g/mol. The number of benzene rings is 2. The van der Waals surface area contributed by atoms with E-state index in [9.17, 15) is 0 Å². The van der Waals surface area contributed by atoms with Gasteiger partial charge in [0.15, 0.2) is 24.8 Å². The van der Waals surface area contributed by atoms with Crippen molar-refractivity contribution in [1.29, 1.82) is 0 Å². The maximum absolute atomic E-state index is 2.35. The lowest BCUT2D eigenvalue weighted by molar-refractivity contribution is -0.671. The van der Waals surface area contributed by atoms with E-state index in [0.717, 1.165) is 13.1 Å². The minimum Gasteiger partial charge on any atom is -1.00 e. The number of hydrogen-bond acceptors (Lipinski definition) is 2. The van der Waals surface area contributed by atoms with Crippen molar-refractivity contribution in [1.82, 2.24) is 0 Å². The van der Waals surface area contributed by atoms with Crippen LogP contribution < -0.4 is 66.9 Å². The number of nitrogens with zero attached hydrogens (tertiary/aromatic N) is 4. The minimum atomic E-state index is 0. The molecule has 2 aromatic carbocycles. The molecule has 0 saturated heterocycles. The zero-order valence-corrected chi connectivity index (χ0v) is 28.8. The van der Waals surface area contributed by atoms with Crippen LogP contribution in [0.1, 0.15) is 36.1 Å². The summed E-state index contributed by atoms with van der Waals surface area (Å²) in [5.74, 6) is 0. The lowest BCUT2D eigenvalue weighted by Gasteiger charge is -2.20. The van der Waals surface area contributed by atoms with Gasteiger partial charge in [-0.1, -0.05) is 48.6 Å². The van der Waals surface area contributed by atoms with E-state index >= 15 is 0 Å². The van der Waals surface area contributed by atoms with Crippen LogP contribution in [0.15, 0.2) is 97.6 Å². The summed E-state index contributed by atoms with van der Waals surface area (Å²) in [4.78, 5) is 4.45. The molecule has 0 unspecified atom stereocenters. The van der Waals surface area contributed by atoms with Crippen molar-refractivity contribution >= 4 is 35.7 Å². The Morgan fingerprint density at radius 1 is 0.500 bits per heavy atom. The summed E-state index contributed by atoms with van der Waals surface area (Å²) in [5.41, 5.74) is 7.39. The summed E-state index contributed by atoms with van der Waals surface area (Å²) in [5, 5.41) is 0. The fraction of sp³-hybridized carbons (Fsp3) is 0.235. The highest BCUT2D eigenvalue weighted by Crippen LogP contribution is 2.17. The number of pyridine rings is 2. The molecule has 0 N–H and O–H groups in total. The summed E-state index contributed by atoms with van der Waals surface area (Å²) in [6, 6.07) is 25.7. The lowest BCUT2D eigenvalue weighted by Crippen LogP contribution is -3.00. The van der Waals surface area contributed by atoms with Crippen molar-refractivity contribution in [3.63, 3.8) is 0 Å². The van der Waals surface area contributed by atoms with Gasteiger partial charge in [0, 0.05) is 62.8 Å². The maximum atomic E-state index is 2.35. The molecule has 0 aliphatic carbocycles. The molecule has 0 aliphatic rings. The zero-order chi connectivity index (χ0) is 27.3. The van der Waals surface area contributed by atoms with Crippen LogP contribution in [0.4, 0.5) is 11.4 Å². The Kier molecular flexibility index (Phi) is 16.4. The van der Waals surface area contributed by atoms with Gasteiger partial charge in [0.05, 0.1) is 0 Å². The third kappa shape index (κ3) is 11.8. The van der Waals surface area contributed by atoms with Crippen LogP contribution in [0.2, 0.25) is 0 Å². The summed E-state index contributed by atoms with van der Waals surface area (Å²) in [7, 11) is 8.15. The third-order valence-electron chi connectivity index (χ3n) is 6.38. The Morgan fingerprint density at radius 3 is 1.10 bits per heavy atom. The van der Waals surface area contributed by atoms with Gasteiger partial charge in [-0.05, 0) is 60.4 Å². The van der Waals surface area contributed by atoms with E-state index in [0.29, 0.717) is 0 Å². The van der Waals surface area contributed by atoms with Crippen LogP contribution in [0.3, 0.4) is 0 Å². The number of hydrogen-bond donors (Lipinski definition) is 0. The highest BCUT2D eigenvalue weighted by atomic mass is 127. The van der Waals surface area contributed by atoms with E-state index < -0.39 is 0 Å². The Morgan fingerprint density at radius 2 is 0.800 bits per heavy atom. The highest BCUT2D eigenvalue weighted by Gasteiger charge is 2.00. The molecule has 0 fully saturated rings. The van der Waals surface area contributed by atoms with Gasteiger partial charge in [0.1, 0.15) is 14.1 Å². The maximum Gasteiger partial charge on any atom is 0.169 e. The quantitative estimate of drug-likeness (QED) is 0.190. The first kappa shape index (κ1) is 35.3. The van der Waals surface area contributed by atoms with Gasteiger partial charge in [0.25, 0.3) is 0 Å². The molecule has 4 nitrogen and oxygen atoms in total. The summed E-state index contributed by atoms with van der Waals surface area (Å²) in [6.45, 7) is 6.47. The van der Waals surface area contributed by atoms with Crippen molar-refractivity contribution in [2.45, 2.75) is 13.8 Å². The normalized spacial score (nSPS) is 10.3. The van der Waals surface area contributed by atoms with Crippen LogP contribution in [-0.4, -0.2) is 27.2 Å². The van der Waals surface area contributed by atoms with Gasteiger partial charge in [-0.2, -0.15) is 0 Å². The van der Waals surface area contributed by atoms with E-state index in [4.69, 9.17) is 0 Å². The third-order valence-corrected chi connectivity index (χ3v) is 6.38. The fourth-order valence-corrected chi connectivity index (χ4v) is 3.90. The van der Waals surface area contributed by atoms with Crippen molar-refractivity contribution in [3.8, 4) is 0 Å².